The van der Waals surface area contributed by atoms with Crippen LogP contribution < -0.4 is 4.74 Å². The number of fused-ring (bicyclic) bond motifs is 1. The zero-order chi connectivity index (χ0) is 21.1. The summed E-state index contributed by atoms with van der Waals surface area (Å²) >= 11 is 7.77. The van der Waals surface area contributed by atoms with Crippen molar-refractivity contribution in [3.63, 3.8) is 0 Å². The molecule has 0 spiro atoms. The average molecular weight is 441 g/mol. The van der Waals surface area contributed by atoms with Gasteiger partial charge in [-0.05, 0) is 43.0 Å². The molecule has 2 aliphatic heterocycles. The largest absolute Gasteiger partial charge is 0.489 e. The molecular formula is C23H21ClN2O3S. The number of carbonyl (C=O) groups excluding carboxylic acids is 1. The van der Waals surface area contributed by atoms with Gasteiger partial charge in [-0.25, -0.2) is 9.79 Å². The van der Waals surface area contributed by atoms with Crippen LogP contribution in [-0.2, 0) is 16.1 Å². The number of thioether (sulfide) groups is 1. The molecule has 2 aromatic rings. The van der Waals surface area contributed by atoms with Crippen LogP contribution in [0.25, 0.3) is 0 Å². The quantitative estimate of drug-likeness (QED) is 0.540. The van der Waals surface area contributed by atoms with Crippen LogP contribution in [0.3, 0.4) is 0 Å². The Hall–Kier alpha value is -2.70. The maximum atomic E-state index is 12.8. The van der Waals surface area contributed by atoms with Gasteiger partial charge in [0.15, 0.2) is 5.17 Å². The molecule has 2 aliphatic rings. The highest BCUT2D eigenvalue weighted by Crippen LogP contribution is 2.41. The van der Waals surface area contributed by atoms with Crippen LogP contribution in [0.4, 0.5) is 0 Å². The standard InChI is InChI=1S/C23H21ClN2O3S/c1-3-28-22(27)20-15(2)25-23-26(11-12-30-23)21(20)16-8-6-9-18(13-16)29-14-17-7-4-5-10-19(17)24/h4-13,21H,3,14H2,1-2H3/t21-/m1/s1. The Labute approximate surface area is 185 Å². The lowest BCUT2D eigenvalue weighted by atomic mass is 9.94. The molecule has 0 radical (unpaired) electrons. The van der Waals surface area contributed by atoms with Gasteiger partial charge in [0.2, 0.25) is 0 Å². The van der Waals surface area contributed by atoms with Crippen LogP contribution in [0.1, 0.15) is 31.0 Å². The molecule has 4 rings (SSSR count). The molecule has 0 amide bonds. The fraction of sp³-hybridized carbons (Fsp3) is 0.217. The summed E-state index contributed by atoms with van der Waals surface area (Å²) in [6.45, 7) is 4.32. The second-order valence-electron chi connectivity index (χ2n) is 6.78. The predicted octanol–water partition coefficient (Wildman–Crippen LogP) is 5.69. The highest BCUT2D eigenvalue weighted by atomic mass is 35.5. The molecule has 0 aromatic heterocycles. The molecule has 0 bridgehead atoms. The Morgan fingerprint density at radius 1 is 1.23 bits per heavy atom. The number of nitrogens with zero attached hydrogens (tertiary/aromatic N) is 2. The van der Waals surface area contributed by atoms with Crippen molar-refractivity contribution in [3.8, 4) is 5.75 Å². The Morgan fingerprint density at radius 2 is 2.07 bits per heavy atom. The van der Waals surface area contributed by atoms with Gasteiger partial charge in [-0.1, -0.05) is 53.7 Å². The number of carbonyl (C=O) groups is 1. The lowest BCUT2D eigenvalue weighted by molar-refractivity contribution is -0.139. The van der Waals surface area contributed by atoms with Gasteiger partial charge in [0.25, 0.3) is 0 Å². The molecule has 0 N–H and O–H groups in total. The van der Waals surface area contributed by atoms with Crippen LogP contribution in [0, 0.1) is 0 Å². The summed E-state index contributed by atoms with van der Waals surface area (Å²) in [6.07, 6.45) is 1.94. The first-order chi connectivity index (χ1) is 14.6. The van der Waals surface area contributed by atoms with Crippen LogP contribution in [0.5, 0.6) is 5.75 Å². The minimum atomic E-state index is -0.351. The third-order valence-electron chi connectivity index (χ3n) is 4.84. The van der Waals surface area contributed by atoms with Gasteiger partial charge in [-0.2, -0.15) is 0 Å². The summed E-state index contributed by atoms with van der Waals surface area (Å²) in [6, 6.07) is 15.0. The molecule has 5 nitrogen and oxygen atoms in total. The van der Waals surface area contributed by atoms with E-state index in [4.69, 9.17) is 21.1 Å². The second kappa shape index (κ2) is 8.98. The summed E-state index contributed by atoms with van der Waals surface area (Å²) in [5.41, 5.74) is 3.05. The molecule has 0 fully saturated rings. The zero-order valence-electron chi connectivity index (χ0n) is 16.7. The number of ether oxygens (including phenoxy) is 2. The van der Waals surface area contributed by atoms with Gasteiger partial charge in [-0.15, -0.1) is 0 Å². The van der Waals surface area contributed by atoms with Crippen molar-refractivity contribution in [3.05, 3.63) is 87.6 Å². The van der Waals surface area contributed by atoms with E-state index < -0.39 is 0 Å². The van der Waals surface area contributed by atoms with Crippen molar-refractivity contribution in [2.45, 2.75) is 26.5 Å². The first kappa shape index (κ1) is 20.6. The number of hydrogen-bond donors (Lipinski definition) is 0. The SMILES string of the molecule is CCOC(=O)C1=C(C)N=C2SC=CN2[C@@H]1c1cccc(OCc2ccccc2Cl)c1. The van der Waals surface area contributed by atoms with Crippen molar-refractivity contribution in [2.75, 3.05) is 6.61 Å². The van der Waals surface area contributed by atoms with Gasteiger partial charge in [-0.3, -0.25) is 0 Å². The Balaban J connectivity index is 1.65. The topological polar surface area (TPSA) is 51.1 Å². The van der Waals surface area contributed by atoms with E-state index in [1.165, 1.54) is 11.8 Å². The smallest absolute Gasteiger partial charge is 0.338 e. The van der Waals surface area contributed by atoms with Crippen LogP contribution in [0.2, 0.25) is 5.02 Å². The van der Waals surface area contributed by atoms with E-state index in [0.717, 1.165) is 16.3 Å². The van der Waals surface area contributed by atoms with Crippen LogP contribution in [-0.4, -0.2) is 22.6 Å². The highest BCUT2D eigenvalue weighted by Gasteiger charge is 2.37. The van der Waals surface area contributed by atoms with Gasteiger partial charge in [0.05, 0.1) is 23.9 Å². The number of aliphatic imine (C=N–C) groups is 1. The van der Waals surface area contributed by atoms with Gasteiger partial charge in [0.1, 0.15) is 12.4 Å². The number of rotatable bonds is 6. The van der Waals surface area contributed by atoms with E-state index in [2.05, 4.69) is 4.99 Å². The summed E-state index contributed by atoms with van der Waals surface area (Å²) in [4.78, 5) is 19.3. The monoisotopic (exact) mass is 440 g/mol. The number of allylic oxidation sites excluding steroid dienone is 1. The highest BCUT2D eigenvalue weighted by molar-refractivity contribution is 8.16. The summed E-state index contributed by atoms with van der Waals surface area (Å²) in [5.74, 6) is 0.351. The van der Waals surface area contributed by atoms with E-state index in [-0.39, 0.29) is 12.0 Å². The second-order valence-corrected chi connectivity index (χ2v) is 8.06. The zero-order valence-corrected chi connectivity index (χ0v) is 18.2. The maximum absolute atomic E-state index is 12.8. The fourth-order valence-corrected chi connectivity index (χ4v) is 4.43. The lowest BCUT2D eigenvalue weighted by Crippen LogP contribution is -2.34. The number of benzene rings is 2. The maximum Gasteiger partial charge on any atom is 0.338 e. The Kier molecular flexibility index (Phi) is 6.16. The van der Waals surface area contributed by atoms with E-state index in [9.17, 15) is 4.79 Å². The molecule has 2 aromatic carbocycles. The van der Waals surface area contributed by atoms with E-state index in [0.29, 0.717) is 35.3 Å². The van der Waals surface area contributed by atoms with Gasteiger partial charge >= 0.3 is 5.97 Å². The van der Waals surface area contributed by atoms with E-state index >= 15 is 0 Å². The summed E-state index contributed by atoms with van der Waals surface area (Å²) in [5, 5.41) is 3.47. The minimum Gasteiger partial charge on any atom is -0.489 e. The van der Waals surface area contributed by atoms with E-state index in [1.807, 2.05) is 72.0 Å². The first-order valence-electron chi connectivity index (χ1n) is 9.63. The molecule has 0 unspecified atom stereocenters. The molecule has 2 heterocycles. The molecule has 0 saturated carbocycles. The first-order valence-corrected chi connectivity index (χ1v) is 10.9. The molecule has 7 heteroatoms. The third-order valence-corrected chi connectivity index (χ3v) is 5.98. The average Bonchev–Trinajstić information content (AvgIpc) is 3.20. The fourth-order valence-electron chi connectivity index (χ4n) is 3.45. The number of hydrogen-bond acceptors (Lipinski definition) is 6. The van der Waals surface area contributed by atoms with Crippen molar-refractivity contribution < 1.29 is 14.3 Å². The number of esters is 1. The third kappa shape index (κ3) is 4.11. The van der Waals surface area contributed by atoms with Crippen LogP contribution in [0.15, 0.2) is 76.4 Å². The molecule has 0 aliphatic carbocycles. The van der Waals surface area contributed by atoms with Gasteiger partial charge < -0.3 is 14.4 Å². The molecule has 30 heavy (non-hydrogen) atoms. The minimum absolute atomic E-state index is 0.310. The normalized spacial score (nSPS) is 17.6. The Bertz CT molecular complexity index is 1060. The van der Waals surface area contributed by atoms with Crippen molar-refractivity contribution >= 4 is 34.5 Å². The predicted molar refractivity (Wildman–Crippen MR) is 120 cm³/mol. The van der Waals surface area contributed by atoms with Crippen molar-refractivity contribution in [1.29, 1.82) is 0 Å². The van der Waals surface area contributed by atoms with Gasteiger partial charge in [0, 0.05) is 16.8 Å². The number of amidine groups is 1. The molecule has 0 saturated heterocycles. The summed E-state index contributed by atoms with van der Waals surface area (Å²) < 4.78 is 11.3. The number of halogens is 1. The van der Waals surface area contributed by atoms with Crippen LogP contribution >= 0.6 is 23.4 Å². The molecular weight excluding hydrogens is 420 g/mol. The van der Waals surface area contributed by atoms with E-state index in [1.54, 1.807) is 6.92 Å². The van der Waals surface area contributed by atoms with Crippen molar-refractivity contribution in [1.82, 2.24) is 4.90 Å². The summed E-state index contributed by atoms with van der Waals surface area (Å²) in [7, 11) is 0. The lowest BCUT2D eigenvalue weighted by Gasteiger charge is -2.33. The molecule has 154 valence electrons. The van der Waals surface area contributed by atoms with Crippen molar-refractivity contribution in [2.24, 2.45) is 4.99 Å². The Morgan fingerprint density at radius 3 is 2.87 bits per heavy atom. The molecule has 1 atom stereocenters.